The van der Waals surface area contributed by atoms with Gasteiger partial charge in [-0.15, -0.1) is 11.6 Å². The van der Waals surface area contributed by atoms with Crippen LogP contribution in [0.1, 0.15) is 12.6 Å². The fourth-order valence-electron chi connectivity index (χ4n) is 3.34. The van der Waals surface area contributed by atoms with E-state index < -0.39 is 0 Å². The second kappa shape index (κ2) is 5.82. The molecule has 0 amide bonds. The van der Waals surface area contributed by atoms with E-state index in [9.17, 15) is 0 Å². The molecule has 0 N–H and O–H groups in total. The molecule has 1 aliphatic heterocycles. The van der Waals surface area contributed by atoms with E-state index in [2.05, 4.69) is 61.2 Å². The van der Waals surface area contributed by atoms with Gasteiger partial charge in [0.25, 0.3) is 0 Å². The van der Waals surface area contributed by atoms with Crippen LogP contribution in [0, 0.1) is 5.92 Å². The molecular weight excluding hydrogens is 282 g/mol. The van der Waals surface area contributed by atoms with Gasteiger partial charge < -0.3 is 9.80 Å². The van der Waals surface area contributed by atoms with Crippen molar-refractivity contribution in [3.63, 3.8) is 0 Å². The summed E-state index contributed by atoms with van der Waals surface area (Å²) in [6, 6.07) is 11.1. The number of aromatic nitrogens is 1. The minimum absolute atomic E-state index is 0.457. The maximum absolute atomic E-state index is 6.02. The molecule has 21 heavy (non-hydrogen) atoms. The monoisotopic (exact) mass is 303 g/mol. The van der Waals surface area contributed by atoms with Crippen molar-refractivity contribution in [1.82, 2.24) is 9.88 Å². The third-order valence-corrected chi connectivity index (χ3v) is 4.72. The Morgan fingerprint density at radius 1 is 1.29 bits per heavy atom. The molecule has 0 radical (unpaired) electrons. The predicted molar refractivity (Wildman–Crippen MR) is 90.2 cm³/mol. The first-order valence-corrected chi connectivity index (χ1v) is 7.99. The Hall–Kier alpha value is -1.32. The molecule has 112 valence electrons. The zero-order valence-corrected chi connectivity index (χ0v) is 13.6. The summed E-state index contributed by atoms with van der Waals surface area (Å²) in [5, 5.41) is 2.44. The summed E-state index contributed by atoms with van der Waals surface area (Å²) >= 11 is 6.02. The van der Waals surface area contributed by atoms with Crippen LogP contribution in [0.25, 0.3) is 10.8 Å². The van der Waals surface area contributed by atoms with Gasteiger partial charge in [0.05, 0.1) is 11.6 Å². The van der Waals surface area contributed by atoms with E-state index in [1.165, 1.54) is 10.8 Å². The molecule has 1 aromatic heterocycles. The molecule has 1 fully saturated rings. The predicted octanol–water partition coefficient (Wildman–Crippen LogP) is 3.36. The van der Waals surface area contributed by atoms with Crippen LogP contribution in [0.15, 0.2) is 30.3 Å². The first-order valence-electron chi connectivity index (χ1n) is 7.46. The first-order chi connectivity index (χ1) is 10.1. The number of anilines is 1. The fourth-order valence-corrected chi connectivity index (χ4v) is 3.48. The molecule has 0 saturated carbocycles. The fraction of sp³-hybridized carbons (Fsp3) is 0.471. The third-order valence-electron chi connectivity index (χ3n) is 4.45. The van der Waals surface area contributed by atoms with Crippen LogP contribution in [-0.4, -0.2) is 43.1 Å². The molecule has 2 unspecified atom stereocenters. The molecule has 2 aromatic rings. The SMILES string of the molecule is CC1CN(c2nc(CCl)cc3ccccc23)CC1N(C)C. The lowest BCUT2D eigenvalue weighted by atomic mass is 10.1. The Kier molecular flexibility index (Phi) is 4.05. The molecule has 1 saturated heterocycles. The van der Waals surface area contributed by atoms with Crippen molar-refractivity contribution in [1.29, 1.82) is 0 Å². The highest BCUT2D eigenvalue weighted by atomic mass is 35.5. The summed E-state index contributed by atoms with van der Waals surface area (Å²) in [4.78, 5) is 9.53. The van der Waals surface area contributed by atoms with E-state index in [4.69, 9.17) is 16.6 Å². The molecule has 4 heteroatoms. The van der Waals surface area contributed by atoms with Crippen LogP contribution in [0.2, 0.25) is 0 Å². The second-order valence-corrected chi connectivity index (χ2v) is 6.47. The van der Waals surface area contributed by atoms with Crippen LogP contribution in [0.3, 0.4) is 0 Å². The smallest absolute Gasteiger partial charge is 0.136 e. The Labute approximate surface area is 131 Å². The molecule has 1 aromatic carbocycles. The molecule has 2 atom stereocenters. The minimum atomic E-state index is 0.457. The number of rotatable bonds is 3. The van der Waals surface area contributed by atoms with E-state index in [-0.39, 0.29) is 0 Å². The Morgan fingerprint density at radius 3 is 2.71 bits per heavy atom. The van der Waals surface area contributed by atoms with Crippen molar-refractivity contribution in [2.45, 2.75) is 18.8 Å². The van der Waals surface area contributed by atoms with Gasteiger partial charge in [-0.2, -0.15) is 0 Å². The van der Waals surface area contributed by atoms with E-state index in [1.54, 1.807) is 0 Å². The van der Waals surface area contributed by atoms with Gasteiger partial charge in [0.2, 0.25) is 0 Å². The second-order valence-electron chi connectivity index (χ2n) is 6.21. The van der Waals surface area contributed by atoms with Gasteiger partial charge >= 0.3 is 0 Å². The van der Waals surface area contributed by atoms with E-state index in [0.717, 1.165) is 24.6 Å². The number of hydrogen-bond donors (Lipinski definition) is 0. The summed E-state index contributed by atoms with van der Waals surface area (Å²) in [5.74, 6) is 2.18. The van der Waals surface area contributed by atoms with Crippen molar-refractivity contribution in [2.24, 2.45) is 5.92 Å². The quantitative estimate of drug-likeness (QED) is 0.811. The molecule has 0 aliphatic carbocycles. The molecule has 0 bridgehead atoms. The van der Waals surface area contributed by atoms with Crippen molar-refractivity contribution < 1.29 is 0 Å². The van der Waals surface area contributed by atoms with Crippen LogP contribution in [-0.2, 0) is 5.88 Å². The van der Waals surface area contributed by atoms with Crippen LogP contribution >= 0.6 is 11.6 Å². The number of fused-ring (bicyclic) bond motifs is 1. The average molecular weight is 304 g/mol. The zero-order valence-electron chi connectivity index (χ0n) is 12.9. The molecule has 2 heterocycles. The van der Waals surface area contributed by atoms with Crippen molar-refractivity contribution in [2.75, 3.05) is 32.1 Å². The van der Waals surface area contributed by atoms with Crippen molar-refractivity contribution >= 4 is 28.2 Å². The topological polar surface area (TPSA) is 19.4 Å². The normalized spacial score (nSPS) is 22.4. The highest BCUT2D eigenvalue weighted by Gasteiger charge is 2.32. The minimum Gasteiger partial charge on any atom is -0.354 e. The summed E-state index contributed by atoms with van der Waals surface area (Å²) in [6.07, 6.45) is 0. The van der Waals surface area contributed by atoms with E-state index >= 15 is 0 Å². The van der Waals surface area contributed by atoms with Gasteiger partial charge in [-0.1, -0.05) is 31.2 Å². The number of benzene rings is 1. The maximum Gasteiger partial charge on any atom is 0.136 e. The van der Waals surface area contributed by atoms with Gasteiger partial charge in [0, 0.05) is 24.5 Å². The Morgan fingerprint density at radius 2 is 2.05 bits per heavy atom. The number of hydrogen-bond acceptors (Lipinski definition) is 3. The number of nitrogens with zero attached hydrogens (tertiary/aromatic N) is 3. The van der Waals surface area contributed by atoms with E-state index in [1.807, 2.05) is 0 Å². The van der Waals surface area contributed by atoms with Crippen molar-refractivity contribution in [3.05, 3.63) is 36.0 Å². The average Bonchev–Trinajstić information content (AvgIpc) is 2.88. The largest absolute Gasteiger partial charge is 0.354 e. The Balaban J connectivity index is 2.04. The first kappa shape index (κ1) is 14.6. The molecule has 3 rings (SSSR count). The van der Waals surface area contributed by atoms with Gasteiger partial charge in [-0.05, 0) is 31.5 Å². The molecular formula is C17H22ClN3. The Bertz CT molecular complexity index is 641. The maximum atomic E-state index is 6.02. The number of pyridine rings is 1. The van der Waals surface area contributed by atoms with Crippen molar-refractivity contribution in [3.8, 4) is 0 Å². The van der Waals surface area contributed by atoms with Gasteiger partial charge in [0.1, 0.15) is 5.82 Å². The third kappa shape index (κ3) is 2.72. The van der Waals surface area contributed by atoms with Gasteiger partial charge in [-0.25, -0.2) is 4.98 Å². The summed E-state index contributed by atoms with van der Waals surface area (Å²) in [6.45, 7) is 4.39. The van der Waals surface area contributed by atoms with Gasteiger partial charge in [0.15, 0.2) is 0 Å². The summed E-state index contributed by atoms with van der Waals surface area (Å²) < 4.78 is 0. The molecule has 1 aliphatic rings. The lowest BCUT2D eigenvalue weighted by Gasteiger charge is -2.23. The lowest BCUT2D eigenvalue weighted by molar-refractivity contribution is 0.266. The van der Waals surface area contributed by atoms with Crippen LogP contribution in [0.4, 0.5) is 5.82 Å². The van der Waals surface area contributed by atoms with Crippen LogP contribution < -0.4 is 4.90 Å². The summed E-state index contributed by atoms with van der Waals surface area (Å²) in [7, 11) is 4.32. The molecule has 0 spiro atoms. The zero-order chi connectivity index (χ0) is 15.0. The number of likely N-dealkylation sites (N-methyl/N-ethyl adjacent to an activating group) is 1. The molecule has 3 nitrogen and oxygen atoms in total. The summed E-state index contributed by atoms with van der Waals surface area (Å²) in [5.41, 5.74) is 0.950. The van der Waals surface area contributed by atoms with E-state index in [0.29, 0.717) is 17.8 Å². The van der Waals surface area contributed by atoms with Crippen LogP contribution in [0.5, 0.6) is 0 Å². The number of alkyl halides is 1. The standard InChI is InChI=1S/C17H22ClN3/c1-12-10-21(11-16(12)20(2)3)17-15-7-5-4-6-13(15)8-14(9-18)19-17/h4-8,12,16H,9-11H2,1-3H3. The lowest BCUT2D eigenvalue weighted by Crippen LogP contribution is -2.34. The highest BCUT2D eigenvalue weighted by molar-refractivity contribution is 6.17. The highest BCUT2D eigenvalue weighted by Crippen LogP contribution is 2.31. The number of halogens is 1. The van der Waals surface area contributed by atoms with Gasteiger partial charge in [-0.3, -0.25) is 0 Å².